The highest BCUT2D eigenvalue weighted by atomic mass is 16.3. The maximum absolute atomic E-state index is 11.6. The number of nitrogens with one attached hydrogen (secondary N) is 2. The first kappa shape index (κ1) is 14.2. The molecular formula is C15H20N3O2+. The number of piperazine rings is 1. The predicted molar refractivity (Wildman–Crippen MR) is 77.7 cm³/mol. The first-order valence-electron chi connectivity index (χ1n) is 6.77. The van der Waals surface area contributed by atoms with Crippen LogP contribution in [0.1, 0.15) is 0 Å². The first-order valence-corrected chi connectivity index (χ1v) is 6.77. The normalized spacial score (nSPS) is 15.7. The van der Waals surface area contributed by atoms with E-state index in [4.69, 9.17) is 6.42 Å². The van der Waals surface area contributed by atoms with Crippen molar-refractivity contribution in [2.24, 2.45) is 0 Å². The van der Waals surface area contributed by atoms with Crippen molar-refractivity contribution in [2.45, 2.75) is 0 Å². The SMILES string of the molecule is C#CCNC(=O)C[NH+]1CCN(c2ccc(O)cc2)CC1. The van der Waals surface area contributed by atoms with Crippen LogP contribution in [0.4, 0.5) is 5.69 Å². The van der Waals surface area contributed by atoms with E-state index >= 15 is 0 Å². The van der Waals surface area contributed by atoms with Crippen LogP contribution in [0.15, 0.2) is 24.3 Å². The quantitative estimate of drug-likeness (QED) is 0.608. The number of carbonyl (C=O) groups is 1. The number of amides is 1. The van der Waals surface area contributed by atoms with E-state index in [-0.39, 0.29) is 11.7 Å². The molecular weight excluding hydrogens is 254 g/mol. The Morgan fingerprint density at radius 1 is 1.35 bits per heavy atom. The molecule has 106 valence electrons. The number of rotatable bonds is 4. The first-order chi connectivity index (χ1) is 9.69. The fourth-order valence-electron chi connectivity index (χ4n) is 2.36. The maximum atomic E-state index is 11.6. The molecule has 1 aliphatic heterocycles. The van der Waals surface area contributed by atoms with Gasteiger partial charge in [0, 0.05) is 5.69 Å². The lowest BCUT2D eigenvalue weighted by Gasteiger charge is -2.33. The average Bonchev–Trinajstić information content (AvgIpc) is 2.47. The van der Waals surface area contributed by atoms with Crippen molar-refractivity contribution in [2.75, 3.05) is 44.2 Å². The number of terminal acetylenes is 1. The maximum Gasteiger partial charge on any atom is 0.275 e. The highest BCUT2D eigenvalue weighted by molar-refractivity contribution is 5.77. The molecule has 2 rings (SSSR count). The summed E-state index contributed by atoms with van der Waals surface area (Å²) in [6.07, 6.45) is 5.11. The Balaban J connectivity index is 1.79. The van der Waals surface area contributed by atoms with Crippen molar-refractivity contribution in [3.63, 3.8) is 0 Å². The smallest absolute Gasteiger partial charge is 0.275 e. The number of hydrogen-bond acceptors (Lipinski definition) is 3. The molecule has 1 aromatic rings. The molecule has 20 heavy (non-hydrogen) atoms. The monoisotopic (exact) mass is 274 g/mol. The Morgan fingerprint density at radius 3 is 2.60 bits per heavy atom. The molecule has 0 aromatic heterocycles. The van der Waals surface area contributed by atoms with E-state index in [1.807, 2.05) is 12.1 Å². The molecule has 0 atom stereocenters. The van der Waals surface area contributed by atoms with Crippen molar-refractivity contribution in [3.05, 3.63) is 24.3 Å². The molecule has 0 radical (unpaired) electrons. The van der Waals surface area contributed by atoms with E-state index in [1.54, 1.807) is 12.1 Å². The summed E-state index contributed by atoms with van der Waals surface area (Å²) in [6, 6.07) is 7.23. The summed E-state index contributed by atoms with van der Waals surface area (Å²) < 4.78 is 0. The fraction of sp³-hybridized carbons (Fsp3) is 0.400. The molecule has 1 fully saturated rings. The highest BCUT2D eigenvalue weighted by Crippen LogP contribution is 2.17. The average molecular weight is 274 g/mol. The number of nitrogens with zero attached hydrogens (tertiary/aromatic N) is 1. The van der Waals surface area contributed by atoms with E-state index in [0.29, 0.717) is 13.1 Å². The van der Waals surface area contributed by atoms with Crippen LogP contribution in [-0.4, -0.2) is 50.3 Å². The Hall–Kier alpha value is -2.19. The summed E-state index contributed by atoms with van der Waals surface area (Å²) in [5.41, 5.74) is 1.11. The van der Waals surface area contributed by atoms with Crippen LogP contribution in [0.3, 0.4) is 0 Å². The Kier molecular flexibility index (Phi) is 4.85. The molecule has 3 N–H and O–H groups in total. The third kappa shape index (κ3) is 3.90. The summed E-state index contributed by atoms with van der Waals surface area (Å²) in [5, 5.41) is 12.0. The number of carbonyl (C=O) groups excluding carboxylic acids is 1. The van der Waals surface area contributed by atoms with Gasteiger partial charge in [-0.2, -0.15) is 0 Å². The van der Waals surface area contributed by atoms with E-state index in [2.05, 4.69) is 16.1 Å². The number of anilines is 1. The van der Waals surface area contributed by atoms with Crippen molar-refractivity contribution >= 4 is 11.6 Å². The Morgan fingerprint density at radius 2 is 2.00 bits per heavy atom. The molecule has 0 bridgehead atoms. The molecule has 5 heteroatoms. The molecule has 0 aliphatic carbocycles. The van der Waals surface area contributed by atoms with Gasteiger partial charge in [0.1, 0.15) is 5.75 Å². The van der Waals surface area contributed by atoms with Crippen molar-refractivity contribution in [1.29, 1.82) is 0 Å². The third-order valence-corrected chi connectivity index (χ3v) is 3.48. The number of phenolic OH excluding ortho intramolecular Hbond substituents is 1. The number of phenols is 1. The van der Waals surface area contributed by atoms with Crippen LogP contribution in [0.25, 0.3) is 0 Å². The minimum atomic E-state index is 0.0102. The van der Waals surface area contributed by atoms with E-state index in [1.165, 1.54) is 4.90 Å². The minimum absolute atomic E-state index is 0.0102. The summed E-state index contributed by atoms with van der Waals surface area (Å²) in [4.78, 5) is 15.1. The fourth-order valence-corrected chi connectivity index (χ4v) is 2.36. The van der Waals surface area contributed by atoms with Crippen LogP contribution in [0.5, 0.6) is 5.75 Å². The van der Waals surface area contributed by atoms with Gasteiger partial charge >= 0.3 is 0 Å². The van der Waals surface area contributed by atoms with Gasteiger partial charge in [-0.3, -0.25) is 4.79 Å². The molecule has 5 nitrogen and oxygen atoms in total. The molecule has 1 heterocycles. The largest absolute Gasteiger partial charge is 0.508 e. The van der Waals surface area contributed by atoms with Crippen LogP contribution >= 0.6 is 0 Å². The van der Waals surface area contributed by atoms with Crippen LogP contribution in [-0.2, 0) is 4.79 Å². The van der Waals surface area contributed by atoms with Gasteiger partial charge in [0.25, 0.3) is 5.91 Å². The predicted octanol–water partition coefficient (Wildman–Crippen LogP) is -1.15. The van der Waals surface area contributed by atoms with Crippen LogP contribution in [0, 0.1) is 12.3 Å². The second-order valence-corrected chi connectivity index (χ2v) is 4.91. The van der Waals surface area contributed by atoms with E-state index < -0.39 is 0 Å². The van der Waals surface area contributed by atoms with Crippen LogP contribution in [0.2, 0.25) is 0 Å². The summed E-state index contributed by atoms with van der Waals surface area (Å²) in [6.45, 7) is 4.43. The van der Waals surface area contributed by atoms with Crippen molar-refractivity contribution in [3.8, 4) is 18.1 Å². The molecule has 0 spiro atoms. The Labute approximate surface area is 119 Å². The van der Waals surface area contributed by atoms with E-state index in [0.717, 1.165) is 31.9 Å². The standard InChI is InChI=1S/C15H19N3O2/c1-2-7-16-15(20)12-17-8-10-18(11-9-17)13-3-5-14(19)6-4-13/h1,3-6,19H,7-12H2,(H,16,20)/p+1. The lowest BCUT2D eigenvalue weighted by Crippen LogP contribution is -3.15. The molecule has 0 saturated carbocycles. The lowest BCUT2D eigenvalue weighted by molar-refractivity contribution is -0.892. The molecule has 1 aliphatic rings. The van der Waals surface area contributed by atoms with Gasteiger partial charge < -0.3 is 20.2 Å². The van der Waals surface area contributed by atoms with Gasteiger partial charge in [-0.1, -0.05) is 5.92 Å². The number of hydrogen-bond donors (Lipinski definition) is 3. The zero-order valence-electron chi connectivity index (χ0n) is 11.4. The molecule has 1 saturated heterocycles. The summed E-state index contributed by atoms with van der Waals surface area (Å²) in [7, 11) is 0. The second kappa shape index (κ2) is 6.83. The van der Waals surface area contributed by atoms with Gasteiger partial charge in [-0.25, -0.2) is 0 Å². The zero-order valence-corrected chi connectivity index (χ0v) is 11.4. The minimum Gasteiger partial charge on any atom is -0.508 e. The molecule has 0 unspecified atom stereocenters. The van der Waals surface area contributed by atoms with Gasteiger partial charge in [0.2, 0.25) is 0 Å². The van der Waals surface area contributed by atoms with Crippen molar-refractivity contribution in [1.82, 2.24) is 5.32 Å². The highest BCUT2D eigenvalue weighted by Gasteiger charge is 2.22. The Bertz CT molecular complexity index is 485. The van der Waals surface area contributed by atoms with Gasteiger partial charge in [-0.05, 0) is 24.3 Å². The lowest BCUT2D eigenvalue weighted by atomic mass is 10.2. The molecule has 1 amide bonds. The van der Waals surface area contributed by atoms with Gasteiger partial charge in [0.05, 0.1) is 32.7 Å². The van der Waals surface area contributed by atoms with E-state index in [9.17, 15) is 9.90 Å². The zero-order chi connectivity index (χ0) is 14.4. The van der Waals surface area contributed by atoms with Crippen LogP contribution < -0.4 is 15.1 Å². The van der Waals surface area contributed by atoms with Gasteiger partial charge in [-0.15, -0.1) is 6.42 Å². The summed E-state index contributed by atoms with van der Waals surface area (Å²) >= 11 is 0. The number of quaternary nitrogens is 1. The second-order valence-electron chi connectivity index (χ2n) is 4.91. The van der Waals surface area contributed by atoms with Gasteiger partial charge in [0.15, 0.2) is 6.54 Å². The summed E-state index contributed by atoms with van der Waals surface area (Å²) in [5.74, 6) is 2.69. The topological polar surface area (TPSA) is 57.0 Å². The van der Waals surface area contributed by atoms with Crippen molar-refractivity contribution < 1.29 is 14.8 Å². The number of aromatic hydroxyl groups is 1. The molecule has 1 aromatic carbocycles. The number of benzene rings is 1. The third-order valence-electron chi connectivity index (χ3n) is 3.48.